The van der Waals surface area contributed by atoms with E-state index in [9.17, 15) is 19.3 Å². The Labute approximate surface area is 119 Å². The molecule has 0 heterocycles. The van der Waals surface area contributed by atoms with Gasteiger partial charge in [-0.3, -0.25) is 14.9 Å². The van der Waals surface area contributed by atoms with E-state index in [1.165, 1.54) is 0 Å². The van der Waals surface area contributed by atoms with Crippen LogP contribution in [0.25, 0.3) is 0 Å². The Morgan fingerprint density at radius 1 is 1.24 bits per heavy atom. The van der Waals surface area contributed by atoms with Gasteiger partial charge in [-0.2, -0.15) is 0 Å². The SMILES string of the molecule is O=C(Nc1ccc(CO)cc1)c1ccc([N+](=O)[O-])cc1F. The van der Waals surface area contributed by atoms with E-state index in [0.717, 1.165) is 12.1 Å². The van der Waals surface area contributed by atoms with Gasteiger partial charge in [-0.15, -0.1) is 0 Å². The summed E-state index contributed by atoms with van der Waals surface area (Å²) in [7, 11) is 0. The Kier molecular flexibility index (Phi) is 4.24. The van der Waals surface area contributed by atoms with E-state index in [1.54, 1.807) is 24.3 Å². The molecule has 0 aliphatic heterocycles. The number of amides is 1. The molecule has 0 spiro atoms. The van der Waals surface area contributed by atoms with Gasteiger partial charge < -0.3 is 10.4 Å². The molecule has 0 bridgehead atoms. The Morgan fingerprint density at radius 2 is 1.90 bits per heavy atom. The molecule has 0 atom stereocenters. The van der Waals surface area contributed by atoms with Crippen molar-refractivity contribution in [1.82, 2.24) is 0 Å². The largest absolute Gasteiger partial charge is 0.392 e. The van der Waals surface area contributed by atoms with Gasteiger partial charge in [0.15, 0.2) is 0 Å². The molecule has 0 fully saturated rings. The average molecular weight is 290 g/mol. The number of non-ortho nitro benzene ring substituents is 1. The van der Waals surface area contributed by atoms with E-state index in [4.69, 9.17) is 5.11 Å². The molecule has 0 saturated carbocycles. The maximum atomic E-state index is 13.7. The second-order valence-corrected chi connectivity index (χ2v) is 4.23. The van der Waals surface area contributed by atoms with E-state index < -0.39 is 22.3 Å². The molecule has 2 rings (SSSR count). The fourth-order valence-electron chi connectivity index (χ4n) is 1.69. The third-order valence-electron chi connectivity index (χ3n) is 2.80. The first kappa shape index (κ1) is 14.6. The number of rotatable bonds is 4. The van der Waals surface area contributed by atoms with Crippen molar-refractivity contribution in [3.05, 3.63) is 69.5 Å². The molecule has 0 saturated heterocycles. The van der Waals surface area contributed by atoms with Crippen LogP contribution in [0.3, 0.4) is 0 Å². The first-order valence-corrected chi connectivity index (χ1v) is 5.96. The smallest absolute Gasteiger partial charge is 0.272 e. The van der Waals surface area contributed by atoms with Crippen molar-refractivity contribution in [3.63, 3.8) is 0 Å². The predicted molar refractivity (Wildman–Crippen MR) is 73.4 cm³/mol. The van der Waals surface area contributed by atoms with Gasteiger partial charge in [0.25, 0.3) is 11.6 Å². The van der Waals surface area contributed by atoms with E-state index in [0.29, 0.717) is 17.3 Å². The van der Waals surface area contributed by atoms with Crippen molar-refractivity contribution in [2.24, 2.45) is 0 Å². The average Bonchev–Trinajstić information content (AvgIpc) is 2.47. The zero-order valence-corrected chi connectivity index (χ0v) is 10.7. The molecule has 2 N–H and O–H groups in total. The topological polar surface area (TPSA) is 92.5 Å². The number of benzene rings is 2. The van der Waals surface area contributed by atoms with E-state index in [1.807, 2.05) is 0 Å². The number of hydrogen-bond donors (Lipinski definition) is 2. The molecule has 7 heteroatoms. The number of aliphatic hydroxyl groups excluding tert-OH is 1. The Balaban J connectivity index is 2.17. The molecular formula is C14H11FN2O4. The molecule has 1 amide bonds. The van der Waals surface area contributed by atoms with E-state index in [2.05, 4.69) is 5.32 Å². The lowest BCUT2D eigenvalue weighted by Crippen LogP contribution is -2.13. The van der Waals surface area contributed by atoms with Crippen molar-refractivity contribution in [2.45, 2.75) is 6.61 Å². The van der Waals surface area contributed by atoms with Gasteiger partial charge in [0.1, 0.15) is 5.82 Å². The quantitative estimate of drug-likeness (QED) is 0.668. The lowest BCUT2D eigenvalue weighted by molar-refractivity contribution is -0.385. The van der Waals surface area contributed by atoms with Crippen LogP contribution in [0.1, 0.15) is 15.9 Å². The molecular weight excluding hydrogens is 279 g/mol. The first-order valence-electron chi connectivity index (χ1n) is 5.96. The predicted octanol–water partition coefficient (Wildman–Crippen LogP) is 2.48. The lowest BCUT2D eigenvalue weighted by Gasteiger charge is -2.06. The van der Waals surface area contributed by atoms with E-state index in [-0.39, 0.29) is 12.2 Å². The van der Waals surface area contributed by atoms with Crippen molar-refractivity contribution in [3.8, 4) is 0 Å². The van der Waals surface area contributed by atoms with Crippen LogP contribution in [0.4, 0.5) is 15.8 Å². The molecule has 6 nitrogen and oxygen atoms in total. The number of nitrogens with one attached hydrogen (secondary N) is 1. The molecule has 0 radical (unpaired) electrons. The summed E-state index contributed by atoms with van der Waals surface area (Å²) in [6, 6.07) is 9.17. The standard InChI is InChI=1S/C14H11FN2O4/c15-13-7-11(17(20)21)5-6-12(13)14(19)16-10-3-1-9(8-18)2-4-10/h1-7,18H,8H2,(H,16,19). The second kappa shape index (κ2) is 6.10. The molecule has 2 aromatic carbocycles. The molecule has 2 aromatic rings. The second-order valence-electron chi connectivity index (χ2n) is 4.23. The van der Waals surface area contributed by atoms with E-state index >= 15 is 0 Å². The third kappa shape index (κ3) is 3.40. The van der Waals surface area contributed by atoms with Gasteiger partial charge >= 0.3 is 0 Å². The molecule has 21 heavy (non-hydrogen) atoms. The van der Waals surface area contributed by atoms with Crippen molar-refractivity contribution in [2.75, 3.05) is 5.32 Å². The minimum absolute atomic E-state index is 0.120. The molecule has 0 aliphatic rings. The number of halogens is 1. The van der Waals surface area contributed by atoms with Gasteiger partial charge in [-0.05, 0) is 23.8 Å². The van der Waals surface area contributed by atoms with Crippen LogP contribution in [0.5, 0.6) is 0 Å². The van der Waals surface area contributed by atoms with Crippen LogP contribution < -0.4 is 5.32 Å². The maximum absolute atomic E-state index is 13.7. The summed E-state index contributed by atoms with van der Waals surface area (Å²) in [4.78, 5) is 21.7. The maximum Gasteiger partial charge on any atom is 0.272 e. The van der Waals surface area contributed by atoms with Crippen LogP contribution in [-0.4, -0.2) is 15.9 Å². The molecule has 0 unspecified atom stereocenters. The van der Waals surface area contributed by atoms with Crippen LogP contribution in [-0.2, 0) is 6.61 Å². The number of aliphatic hydroxyl groups is 1. The Hall–Kier alpha value is -2.80. The summed E-state index contributed by atoms with van der Waals surface area (Å²) in [5, 5.41) is 21.9. The van der Waals surface area contributed by atoms with Crippen LogP contribution in [0, 0.1) is 15.9 Å². The number of nitrogens with zero attached hydrogens (tertiary/aromatic N) is 1. The first-order chi connectivity index (χ1) is 10.0. The molecule has 0 aromatic heterocycles. The van der Waals surface area contributed by atoms with Crippen molar-refractivity contribution >= 4 is 17.3 Å². The summed E-state index contributed by atoms with van der Waals surface area (Å²) in [6.45, 7) is -0.120. The third-order valence-corrected chi connectivity index (χ3v) is 2.80. The summed E-state index contributed by atoms with van der Waals surface area (Å²) in [5.74, 6) is -1.67. The number of nitro groups is 1. The van der Waals surface area contributed by atoms with Crippen LogP contribution >= 0.6 is 0 Å². The Morgan fingerprint density at radius 3 is 2.43 bits per heavy atom. The summed E-state index contributed by atoms with van der Waals surface area (Å²) < 4.78 is 13.7. The highest BCUT2D eigenvalue weighted by atomic mass is 19.1. The minimum Gasteiger partial charge on any atom is -0.392 e. The van der Waals surface area contributed by atoms with Gasteiger partial charge in [0, 0.05) is 11.8 Å². The summed E-state index contributed by atoms with van der Waals surface area (Å²) >= 11 is 0. The van der Waals surface area contributed by atoms with Gasteiger partial charge in [-0.25, -0.2) is 4.39 Å². The van der Waals surface area contributed by atoms with Crippen molar-refractivity contribution < 1.29 is 19.2 Å². The van der Waals surface area contributed by atoms with Crippen molar-refractivity contribution in [1.29, 1.82) is 0 Å². The summed E-state index contributed by atoms with van der Waals surface area (Å²) in [6.07, 6.45) is 0. The highest BCUT2D eigenvalue weighted by molar-refractivity contribution is 6.04. The number of carbonyl (C=O) groups is 1. The van der Waals surface area contributed by atoms with Crippen LogP contribution in [0.15, 0.2) is 42.5 Å². The zero-order valence-electron chi connectivity index (χ0n) is 10.7. The lowest BCUT2D eigenvalue weighted by atomic mass is 10.1. The van der Waals surface area contributed by atoms with Gasteiger partial charge in [-0.1, -0.05) is 12.1 Å². The number of hydrogen-bond acceptors (Lipinski definition) is 4. The van der Waals surface area contributed by atoms with Gasteiger partial charge in [0.05, 0.1) is 23.2 Å². The zero-order chi connectivity index (χ0) is 15.4. The minimum atomic E-state index is -0.964. The Bertz CT molecular complexity index is 686. The fourth-order valence-corrected chi connectivity index (χ4v) is 1.69. The van der Waals surface area contributed by atoms with Crippen LogP contribution in [0.2, 0.25) is 0 Å². The van der Waals surface area contributed by atoms with Gasteiger partial charge in [0.2, 0.25) is 0 Å². The molecule has 0 aliphatic carbocycles. The number of anilines is 1. The normalized spacial score (nSPS) is 10.2. The monoisotopic (exact) mass is 290 g/mol. The fraction of sp³-hybridized carbons (Fsp3) is 0.0714. The number of carbonyl (C=O) groups excluding carboxylic acids is 1. The highest BCUT2D eigenvalue weighted by Crippen LogP contribution is 2.18. The number of nitro benzene ring substituents is 1. The highest BCUT2D eigenvalue weighted by Gasteiger charge is 2.16. The molecule has 108 valence electrons. The summed E-state index contributed by atoms with van der Waals surface area (Å²) in [5.41, 5.74) is 0.396.